The molecule has 1 aliphatic heterocycles. The molecule has 4 heteroatoms. The Morgan fingerprint density at radius 1 is 1.42 bits per heavy atom. The van der Waals surface area contributed by atoms with Gasteiger partial charge in [-0.2, -0.15) is 0 Å². The minimum Gasteiger partial charge on any atom is -0.378 e. The average Bonchev–Trinajstić information content (AvgIpc) is 2.43. The van der Waals surface area contributed by atoms with Gasteiger partial charge in [-0.15, -0.1) is 0 Å². The molecule has 2 rings (SSSR count). The maximum atomic E-state index is 13.3. The largest absolute Gasteiger partial charge is 0.378 e. The first kappa shape index (κ1) is 14.7. The highest BCUT2D eigenvalue weighted by Crippen LogP contribution is 2.22. The highest BCUT2D eigenvalue weighted by Gasteiger charge is 2.16. The molecule has 1 unspecified atom stereocenters. The van der Waals surface area contributed by atoms with Gasteiger partial charge in [-0.3, -0.25) is 4.79 Å². The Morgan fingerprint density at radius 2 is 2.26 bits per heavy atom. The fraction of sp³-hybridized carbons (Fsp3) is 0.533. The maximum absolute atomic E-state index is 13.3. The van der Waals surface area contributed by atoms with Gasteiger partial charge in [-0.05, 0) is 53.2 Å². The van der Waals surface area contributed by atoms with Crippen LogP contribution in [0.3, 0.4) is 0 Å². The fourth-order valence-corrected chi connectivity index (χ4v) is 2.75. The summed E-state index contributed by atoms with van der Waals surface area (Å²) >= 11 is 3.18. The lowest BCUT2D eigenvalue weighted by Gasteiger charge is -2.22. The number of ether oxygens (including phenoxy) is 1. The molecule has 0 N–H and O–H groups in total. The van der Waals surface area contributed by atoms with Gasteiger partial charge in [0.25, 0.3) is 0 Å². The molecule has 0 amide bonds. The van der Waals surface area contributed by atoms with E-state index in [-0.39, 0.29) is 24.1 Å². The van der Waals surface area contributed by atoms with E-state index in [9.17, 15) is 9.18 Å². The Hall–Kier alpha value is -0.740. The Balaban J connectivity index is 1.82. The van der Waals surface area contributed by atoms with Crippen molar-refractivity contribution in [3.63, 3.8) is 0 Å². The molecule has 1 saturated heterocycles. The first-order chi connectivity index (χ1) is 9.16. The van der Waals surface area contributed by atoms with Crippen LogP contribution in [0, 0.1) is 5.82 Å². The molecular weight excluding hydrogens is 311 g/mol. The van der Waals surface area contributed by atoms with Gasteiger partial charge in [-0.1, -0.05) is 12.1 Å². The number of benzene rings is 1. The molecule has 0 saturated carbocycles. The van der Waals surface area contributed by atoms with Gasteiger partial charge in [-0.25, -0.2) is 4.39 Å². The molecule has 1 aromatic rings. The zero-order valence-electron chi connectivity index (χ0n) is 10.8. The normalized spacial score (nSPS) is 19.4. The van der Waals surface area contributed by atoms with E-state index in [0.29, 0.717) is 10.9 Å². The monoisotopic (exact) mass is 328 g/mol. The van der Waals surface area contributed by atoms with Gasteiger partial charge in [0.15, 0.2) is 0 Å². The van der Waals surface area contributed by atoms with Crippen LogP contribution in [-0.2, 0) is 16.0 Å². The van der Waals surface area contributed by atoms with Crippen LogP contribution in [0.4, 0.5) is 4.39 Å². The molecule has 0 aliphatic carbocycles. The predicted octanol–water partition coefficient (Wildman–Crippen LogP) is 4.05. The van der Waals surface area contributed by atoms with Crippen molar-refractivity contribution in [3.05, 3.63) is 34.1 Å². The van der Waals surface area contributed by atoms with Crippen LogP contribution in [0.1, 0.15) is 37.7 Å². The minimum absolute atomic E-state index is 0.139. The quantitative estimate of drug-likeness (QED) is 0.815. The van der Waals surface area contributed by atoms with Crippen molar-refractivity contribution in [1.29, 1.82) is 0 Å². The maximum Gasteiger partial charge on any atom is 0.137 e. The molecule has 104 valence electrons. The van der Waals surface area contributed by atoms with Gasteiger partial charge >= 0.3 is 0 Å². The summed E-state index contributed by atoms with van der Waals surface area (Å²) < 4.78 is 19.3. The Labute approximate surface area is 121 Å². The first-order valence-electron chi connectivity index (χ1n) is 6.73. The topological polar surface area (TPSA) is 26.3 Å². The molecular formula is C15H18BrFO2. The second-order valence-electron chi connectivity index (χ2n) is 4.96. The third kappa shape index (κ3) is 4.39. The summed E-state index contributed by atoms with van der Waals surface area (Å²) in [5, 5.41) is 0. The van der Waals surface area contributed by atoms with Crippen LogP contribution in [-0.4, -0.2) is 18.5 Å². The molecule has 0 bridgehead atoms. The second kappa shape index (κ2) is 7.15. The van der Waals surface area contributed by atoms with Crippen LogP contribution < -0.4 is 0 Å². The Morgan fingerprint density at radius 3 is 3.00 bits per heavy atom. The van der Waals surface area contributed by atoms with Gasteiger partial charge in [0.2, 0.25) is 0 Å². The van der Waals surface area contributed by atoms with Gasteiger partial charge < -0.3 is 4.74 Å². The number of Topliss-reactive ketones (excluding diaryl/α,β-unsaturated/α-hetero) is 1. The molecule has 19 heavy (non-hydrogen) atoms. The molecule has 1 atom stereocenters. The summed E-state index contributed by atoms with van der Waals surface area (Å²) in [6.07, 6.45) is 5.17. The average molecular weight is 329 g/mol. The number of hydrogen-bond donors (Lipinski definition) is 0. The summed E-state index contributed by atoms with van der Waals surface area (Å²) in [4.78, 5) is 11.9. The third-order valence-corrected chi connectivity index (χ3v) is 4.33. The summed E-state index contributed by atoms with van der Waals surface area (Å²) in [5.41, 5.74) is 0.717. The van der Waals surface area contributed by atoms with E-state index in [1.54, 1.807) is 12.1 Å². The lowest BCUT2D eigenvalue weighted by Crippen LogP contribution is -2.20. The SMILES string of the molecule is O=C(CCC1CCCCO1)Cc1cccc(F)c1Br. The molecule has 2 nitrogen and oxygen atoms in total. The zero-order valence-corrected chi connectivity index (χ0v) is 12.4. The van der Waals surface area contributed by atoms with Crippen molar-refractivity contribution in [3.8, 4) is 0 Å². The summed E-state index contributed by atoms with van der Waals surface area (Å²) in [6.45, 7) is 0.814. The van der Waals surface area contributed by atoms with Crippen LogP contribution >= 0.6 is 15.9 Å². The Bertz CT molecular complexity index is 442. The smallest absolute Gasteiger partial charge is 0.137 e. The van der Waals surface area contributed by atoms with Crippen molar-refractivity contribution in [1.82, 2.24) is 0 Å². The van der Waals surface area contributed by atoms with Crippen LogP contribution in [0.5, 0.6) is 0 Å². The highest BCUT2D eigenvalue weighted by atomic mass is 79.9. The standard InChI is InChI=1S/C15H18BrFO2/c16-15-11(4-3-6-14(15)17)10-12(18)7-8-13-5-1-2-9-19-13/h3-4,6,13H,1-2,5,7-10H2. The van der Waals surface area contributed by atoms with Crippen molar-refractivity contribution in [2.45, 2.75) is 44.6 Å². The number of rotatable bonds is 5. The Kier molecular flexibility index (Phi) is 5.52. The number of ketones is 1. The number of carbonyl (C=O) groups excluding carboxylic acids is 1. The molecule has 1 aromatic carbocycles. The van der Waals surface area contributed by atoms with Gasteiger partial charge in [0, 0.05) is 19.4 Å². The van der Waals surface area contributed by atoms with Gasteiger partial charge in [0.05, 0.1) is 10.6 Å². The summed E-state index contributed by atoms with van der Waals surface area (Å²) in [6, 6.07) is 4.79. The molecule has 1 heterocycles. The zero-order chi connectivity index (χ0) is 13.7. The van der Waals surface area contributed by atoms with E-state index >= 15 is 0 Å². The fourth-order valence-electron chi connectivity index (χ4n) is 2.34. The van der Waals surface area contributed by atoms with Crippen LogP contribution in [0.15, 0.2) is 22.7 Å². The number of hydrogen-bond acceptors (Lipinski definition) is 2. The lowest BCUT2D eigenvalue weighted by atomic mass is 10.0. The van der Waals surface area contributed by atoms with E-state index in [2.05, 4.69) is 15.9 Å². The van der Waals surface area contributed by atoms with Crippen LogP contribution in [0.2, 0.25) is 0 Å². The van der Waals surface area contributed by atoms with E-state index < -0.39 is 0 Å². The highest BCUT2D eigenvalue weighted by molar-refractivity contribution is 9.10. The predicted molar refractivity (Wildman–Crippen MR) is 75.6 cm³/mol. The van der Waals surface area contributed by atoms with E-state index in [1.165, 1.54) is 12.5 Å². The molecule has 0 aromatic heterocycles. The van der Waals surface area contributed by atoms with Crippen molar-refractivity contribution < 1.29 is 13.9 Å². The van der Waals surface area contributed by atoms with Crippen molar-refractivity contribution in [2.24, 2.45) is 0 Å². The molecule has 1 fully saturated rings. The number of carbonyl (C=O) groups is 1. The second-order valence-corrected chi connectivity index (χ2v) is 5.75. The molecule has 1 aliphatic rings. The lowest BCUT2D eigenvalue weighted by molar-refractivity contribution is -0.119. The molecule has 0 spiro atoms. The van der Waals surface area contributed by atoms with Crippen molar-refractivity contribution in [2.75, 3.05) is 6.61 Å². The van der Waals surface area contributed by atoms with Crippen LogP contribution in [0.25, 0.3) is 0 Å². The van der Waals surface area contributed by atoms with E-state index in [4.69, 9.17) is 4.74 Å². The summed E-state index contributed by atoms with van der Waals surface area (Å²) in [7, 11) is 0. The summed E-state index contributed by atoms with van der Waals surface area (Å²) in [5.74, 6) is -0.179. The van der Waals surface area contributed by atoms with Crippen molar-refractivity contribution >= 4 is 21.7 Å². The van der Waals surface area contributed by atoms with E-state index in [0.717, 1.165) is 31.4 Å². The first-order valence-corrected chi connectivity index (χ1v) is 7.52. The van der Waals surface area contributed by atoms with Gasteiger partial charge in [0.1, 0.15) is 11.6 Å². The molecule has 0 radical (unpaired) electrons. The number of halogens is 2. The van der Waals surface area contributed by atoms with E-state index in [1.807, 2.05) is 0 Å². The third-order valence-electron chi connectivity index (χ3n) is 3.44. The minimum atomic E-state index is -0.319.